The number of nitrogens with zero attached hydrogens (tertiary/aromatic N) is 4. The Morgan fingerprint density at radius 2 is 1.56 bits per heavy atom. The molecule has 0 radical (unpaired) electrons. The predicted molar refractivity (Wildman–Crippen MR) is 193 cm³/mol. The molecule has 50 heavy (non-hydrogen) atoms. The number of carbonyl (C=O) groups is 3. The van der Waals surface area contributed by atoms with Crippen LogP contribution in [0.3, 0.4) is 0 Å². The first-order valence-corrected chi connectivity index (χ1v) is 18.5. The second-order valence-corrected chi connectivity index (χ2v) is 14.6. The molecular formula is C39H50N6O5. The summed E-state index contributed by atoms with van der Waals surface area (Å²) in [5, 5.41) is 3.93. The Morgan fingerprint density at radius 1 is 0.820 bits per heavy atom. The van der Waals surface area contributed by atoms with Gasteiger partial charge in [-0.25, -0.2) is 9.59 Å². The molecule has 0 bridgehead atoms. The number of hydrogen-bond donors (Lipinski definition) is 2. The third-order valence-electron chi connectivity index (χ3n) is 11.5. The van der Waals surface area contributed by atoms with Gasteiger partial charge in [0.05, 0.1) is 5.52 Å². The summed E-state index contributed by atoms with van der Waals surface area (Å²) >= 11 is 0. The van der Waals surface area contributed by atoms with Crippen molar-refractivity contribution in [1.29, 1.82) is 0 Å². The number of likely N-dealkylation sites (tertiary alicyclic amines) is 1. The number of ether oxygens (including phenoxy) is 1. The van der Waals surface area contributed by atoms with E-state index in [0.29, 0.717) is 51.6 Å². The van der Waals surface area contributed by atoms with Crippen molar-refractivity contribution in [2.45, 2.75) is 89.3 Å². The number of rotatable bonds is 6. The lowest BCUT2D eigenvalue weighted by Crippen LogP contribution is -2.56. The number of aryl methyl sites for hydroxylation is 1. The Balaban J connectivity index is 1.05. The number of piperidine rings is 1. The van der Waals surface area contributed by atoms with Crippen molar-refractivity contribution >= 4 is 34.6 Å². The van der Waals surface area contributed by atoms with E-state index in [-0.39, 0.29) is 23.5 Å². The van der Waals surface area contributed by atoms with E-state index in [9.17, 15) is 19.2 Å². The normalized spacial score (nSPS) is 20.9. The molecule has 4 aliphatic rings. The van der Waals surface area contributed by atoms with Crippen LogP contribution in [0, 0.1) is 6.92 Å². The third-order valence-corrected chi connectivity index (χ3v) is 11.5. The zero-order valence-corrected chi connectivity index (χ0v) is 29.4. The molecule has 4 heterocycles. The monoisotopic (exact) mass is 682 g/mol. The van der Waals surface area contributed by atoms with Crippen LogP contribution in [0.1, 0.15) is 74.5 Å². The van der Waals surface area contributed by atoms with Gasteiger partial charge in [0.1, 0.15) is 0 Å². The molecule has 2 aromatic carbocycles. The van der Waals surface area contributed by atoms with Gasteiger partial charge in [0, 0.05) is 75.6 Å². The first-order chi connectivity index (χ1) is 24.2. The fourth-order valence-electron chi connectivity index (χ4n) is 8.49. The summed E-state index contributed by atoms with van der Waals surface area (Å²) in [4.78, 5) is 64.3. The largest absolute Gasteiger partial charge is 0.435 e. The average Bonchev–Trinajstić information content (AvgIpc) is 3.32. The second-order valence-electron chi connectivity index (χ2n) is 14.6. The first-order valence-electron chi connectivity index (χ1n) is 18.5. The van der Waals surface area contributed by atoms with Crippen molar-refractivity contribution in [3.05, 3.63) is 75.6 Å². The van der Waals surface area contributed by atoms with Crippen molar-refractivity contribution in [2.75, 3.05) is 51.1 Å². The average molecular weight is 683 g/mol. The molecule has 7 rings (SSSR count). The van der Waals surface area contributed by atoms with E-state index >= 15 is 0 Å². The molecule has 1 aromatic heterocycles. The summed E-state index contributed by atoms with van der Waals surface area (Å²) in [5.74, 6) is -0.582. The maximum absolute atomic E-state index is 14.3. The van der Waals surface area contributed by atoms with Crippen molar-refractivity contribution in [3.63, 3.8) is 0 Å². The maximum Gasteiger partial charge on any atom is 0.410 e. The zero-order chi connectivity index (χ0) is 34.8. The molecule has 11 nitrogen and oxygen atoms in total. The second kappa shape index (κ2) is 14.8. The molecule has 2 atom stereocenters. The van der Waals surface area contributed by atoms with Gasteiger partial charge in [-0.3, -0.25) is 14.5 Å². The molecule has 3 aliphatic heterocycles. The number of benzene rings is 2. The van der Waals surface area contributed by atoms with Crippen LogP contribution in [0.4, 0.5) is 15.3 Å². The predicted octanol–water partition coefficient (Wildman–Crippen LogP) is 5.48. The van der Waals surface area contributed by atoms with Crippen molar-refractivity contribution in [2.24, 2.45) is 0 Å². The summed E-state index contributed by atoms with van der Waals surface area (Å²) < 4.78 is 6.23. The molecular weight excluding hydrogens is 632 g/mol. The van der Waals surface area contributed by atoms with Crippen LogP contribution >= 0.6 is 0 Å². The minimum atomic E-state index is -1.00. The molecule has 266 valence electrons. The molecule has 11 heteroatoms. The number of piperazine rings is 1. The quantitative estimate of drug-likeness (QED) is 0.356. The minimum absolute atomic E-state index is 0.0113. The number of aromatic amines is 1. The fraction of sp³-hybridized carbons (Fsp3) is 0.538. The minimum Gasteiger partial charge on any atom is -0.435 e. The molecule has 2 unspecified atom stereocenters. The van der Waals surface area contributed by atoms with Gasteiger partial charge in [-0.15, -0.1) is 0 Å². The van der Waals surface area contributed by atoms with Crippen LogP contribution < -0.4 is 10.9 Å². The standard InChI is InChI=1S/C39H50N6O5/c1-26-24-30(25-29-12-13-34(46)41-35(26)29)27(2)36(37(47)43-22-20-42(21-23-43)31-9-4-3-5-10-31)50-39(49)44-17-15-32(16-18-44)45-19-14-28-8-6-7-11-33(28)40-38(45)48/h6-8,11-13,24-25,27,31-32,36H,3-5,9-10,14-23H2,1-2H3,(H,40,48)(H,41,46). The van der Waals surface area contributed by atoms with Gasteiger partial charge < -0.3 is 29.7 Å². The first kappa shape index (κ1) is 34.1. The van der Waals surface area contributed by atoms with Gasteiger partial charge in [0.2, 0.25) is 5.56 Å². The van der Waals surface area contributed by atoms with E-state index in [1.165, 1.54) is 38.2 Å². The Labute approximate surface area is 293 Å². The number of aromatic nitrogens is 1. The third kappa shape index (κ3) is 7.24. The van der Waals surface area contributed by atoms with E-state index < -0.39 is 18.1 Å². The van der Waals surface area contributed by atoms with Crippen molar-refractivity contribution in [1.82, 2.24) is 24.6 Å². The number of fused-ring (bicyclic) bond motifs is 2. The van der Waals surface area contributed by atoms with E-state index in [1.807, 2.05) is 60.0 Å². The molecule has 3 aromatic rings. The number of nitrogens with one attached hydrogen (secondary N) is 2. The molecule has 0 spiro atoms. The van der Waals surface area contributed by atoms with Gasteiger partial charge in [-0.2, -0.15) is 0 Å². The highest BCUT2D eigenvalue weighted by Gasteiger charge is 2.39. The summed E-state index contributed by atoms with van der Waals surface area (Å²) in [5.41, 5.74) is 4.35. The summed E-state index contributed by atoms with van der Waals surface area (Å²) in [6.45, 7) is 8.28. The van der Waals surface area contributed by atoms with Crippen LogP contribution in [-0.2, 0) is 16.0 Å². The van der Waals surface area contributed by atoms with E-state index in [4.69, 9.17) is 4.74 Å². The van der Waals surface area contributed by atoms with Crippen LogP contribution in [0.25, 0.3) is 10.9 Å². The van der Waals surface area contributed by atoms with E-state index in [1.54, 1.807) is 11.0 Å². The number of pyridine rings is 1. The Bertz CT molecular complexity index is 1770. The smallest absolute Gasteiger partial charge is 0.410 e. The number of urea groups is 1. The summed E-state index contributed by atoms with van der Waals surface area (Å²) in [7, 11) is 0. The van der Waals surface area contributed by atoms with Gasteiger partial charge in [-0.1, -0.05) is 50.5 Å². The molecule has 4 amide bonds. The van der Waals surface area contributed by atoms with Gasteiger partial charge in [0.15, 0.2) is 6.10 Å². The Kier molecular flexibility index (Phi) is 10.1. The topological polar surface area (TPSA) is 118 Å². The number of hydrogen-bond acceptors (Lipinski definition) is 6. The highest BCUT2D eigenvalue weighted by atomic mass is 16.6. The van der Waals surface area contributed by atoms with Crippen LogP contribution in [0.5, 0.6) is 0 Å². The SMILES string of the molecule is Cc1cc(C(C)C(OC(=O)N2CCC(N3CCc4ccccc4NC3=O)CC2)C(=O)N2CCN(C3CCCCC3)CC2)cc2ccc(=O)[nH]c12. The summed E-state index contributed by atoms with van der Waals surface area (Å²) in [6.07, 6.45) is 6.86. The van der Waals surface area contributed by atoms with Crippen LogP contribution in [-0.4, -0.2) is 107 Å². The molecule has 1 aliphatic carbocycles. The molecule has 2 saturated heterocycles. The fourth-order valence-corrected chi connectivity index (χ4v) is 8.49. The van der Waals surface area contributed by atoms with Gasteiger partial charge in [0.25, 0.3) is 5.91 Å². The van der Waals surface area contributed by atoms with Crippen molar-refractivity contribution in [3.8, 4) is 0 Å². The van der Waals surface area contributed by atoms with Gasteiger partial charge >= 0.3 is 12.1 Å². The van der Waals surface area contributed by atoms with E-state index in [2.05, 4.69) is 15.2 Å². The lowest BCUT2D eigenvalue weighted by molar-refractivity contribution is -0.144. The number of amides is 4. The maximum atomic E-state index is 14.3. The number of carbonyl (C=O) groups excluding carboxylic acids is 3. The molecule has 3 fully saturated rings. The van der Waals surface area contributed by atoms with Gasteiger partial charge in [-0.05, 0) is 79.3 Å². The Hall–Kier alpha value is -4.38. The lowest BCUT2D eigenvalue weighted by Gasteiger charge is -2.42. The summed E-state index contributed by atoms with van der Waals surface area (Å²) in [6, 6.07) is 15.7. The highest BCUT2D eigenvalue weighted by molar-refractivity contribution is 5.91. The van der Waals surface area contributed by atoms with Crippen molar-refractivity contribution < 1.29 is 19.1 Å². The zero-order valence-electron chi connectivity index (χ0n) is 29.4. The molecule has 1 saturated carbocycles. The van der Waals surface area contributed by atoms with E-state index in [0.717, 1.165) is 52.8 Å². The number of anilines is 1. The van der Waals surface area contributed by atoms with Crippen LogP contribution in [0.15, 0.2) is 53.3 Å². The number of H-pyrrole nitrogens is 1. The lowest BCUT2D eigenvalue weighted by atomic mass is 9.91. The Morgan fingerprint density at radius 3 is 2.32 bits per heavy atom. The van der Waals surface area contributed by atoms with Crippen LogP contribution in [0.2, 0.25) is 0 Å². The highest BCUT2D eigenvalue weighted by Crippen LogP contribution is 2.31. The molecule has 2 N–H and O–H groups in total. The number of para-hydroxylation sites is 1.